The van der Waals surface area contributed by atoms with Crippen LogP contribution in [0.2, 0.25) is 5.02 Å². The van der Waals surface area contributed by atoms with Gasteiger partial charge in [-0.05, 0) is 30.2 Å². The predicted octanol–water partition coefficient (Wildman–Crippen LogP) is 6.17. The number of halogens is 2. The van der Waals surface area contributed by atoms with E-state index in [0.717, 1.165) is 35.4 Å². The van der Waals surface area contributed by atoms with Crippen molar-refractivity contribution in [2.75, 3.05) is 11.4 Å². The maximum Gasteiger partial charge on any atom is 0.0646 e. The molecule has 2 aromatic carbocycles. The second-order valence-electron chi connectivity index (χ2n) is 4.72. The Bertz CT molecular complexity index is 542. The van der Waals surface area contributed by atoms with E-state index in [1.807, 2.05) is 18.2 Å². The molecule has 0 unspecified atom stereocenters. The van der Waals surface area contributed by atoms with E-state index >= 15 is 0 Å². The topological polar surface area (TPSA) is 3.24 Å². The summed E-state index contributed by atoms with van der Waals surface area (Å²) >= 11 is 10.0. The second-order valence-corrected chi connectivity index (χ2v) is 5.69. The van der Waals surface area contributed by atoms with E-state index in [-0.39, 0.29) is 0 Å². The Hall–Kier alpha value is -0.990. The van der Waals surface area contributed by atoms with E-state index < -0.39 is 0 Å². The third-order valence-electron chi connectivity index (χ3n) is 3.29. The zero-order chi connectivity index (χ0) is 14.4. The Morgan fingerprint density at radius 3 is 2.45 bits per heavy atom. The van der Waals surface area contributed by atoms with Crippen molar-refractivity contribution < 1.29 is 0 Å². The van der Waals surface area contributed by atoms with Gasteiger partial charge in [-0.3, -0.25) is 0 Å². The molecule has 0 amide bonds. The number of nitrogens with zero attached hydrogens (tertiary/aromatic N) is 1. The summed E-state index contributed by atoms with van der Waals surface area (Å²) in [7, 11) is 0. The van der Waals surface area contributed by atoms with E-state index in [1.54, 1.807) is 0 Å². The van der Waals surface area contributed by atoms with E-state index in [1.165, 1.54) is 11.3 Å². The number of para-hydroxylation sites is 2. The van der Waals surface area contributed by atoms with Gasteiger partial charge in [-0.15, -0.1) is 0 Å². The van der Waals surface area contributed by atoms with Gasteiger partial charge in [0.25, 0.3) is 0 Å². The number of hydrogen-bond donors (Lipinski definition) is 0. The van der Waals surface area contributed by atoms with Crippen molar-refractivity contribution in [2.45, 2.75) is 25.1 Å². The molecule has 0 aliphatic carbocycles. The van der Waals surface area contributed by atoms with Gasteiger partial charge < -0.3 is 4.90 Å². The van der Waals surface area contributed by atoms with E-state index in [9.17, 15) is 0 Å². The maximum atomic E-state index is 6.47. The van der Waals surface area contributed by atoms with Crippen molar-refractivity contribution in [1.82, 2.24) is 0 Å². The first kappa shape index (κ1) is 15.4. The minimum atomic E-state index is 0.804. The fraction of sp³-hybridized carbons (Fsp3) is 0.294. The number of unbranched alkanes of at least 4 members (excludes halogenated alkanes) is 1. The van der Waals surface area contributed by atoms with Gasteiger partial charge in [0.15, 0.2) is 0 Å². The Morgan fingerprint density at radius 1 is 1.05 bits per heavy atom. The van der Waals surface area contributed by atoms with Crippen LogP contribution in [-0.4, -0.2) is 6.54 Å². The van der Waals surface area contributed by atoms with Crippen molar-refractivity contribution in [3.63, 3.8) is 0 Å². The Kier molecular flexibility index (Phi) is 5.93. The smallest absolute Gasteiger partial charge is 0.0646 e. The van der Waals surface area contributed by atoms with Crippen LogP contribution in [0.3, 0.4) is 0 Å². The van der Waals surface area contributed by atoms with Crippen LogP contribution in [0.4, 0.5) is 11.4 Å². The van der Waals surface area contributed by atoms with Crippen LogP contribution in [0.1, 0.15) is 25.3 Å². The lowest BCUT2D eigenvalue weighted by Crippen LogP contribution is -2.20. The van der Waals surface area contributed by atoms with Gasteiger partial charge in [0, 0.05) is 17.6 Å². The van der Waals surface area contributed by atoms with Gasteiger partial charge in [-0.1, -0.05) is 71.2 Å². The van der Waals surface area contributed by atoms with Crippen LogP contribution < -0.4 is 4.90 Å². The highest BCUT2D eigenvalue weighted by molar-refractivity contribution is 9.08. The lowest BCUT2D eigenvalue weighted by atomic mass is 10.1. The van der Waals surface area contributed by atoms with E-state index in [4.69, 9.17) is 11.6 Å². The van der Waals surface area contributed by atoms with Gasteiger partial charge in [-0.2, -0.15) is 0 Å². The summed E-state index contributed by atoms with van der Waals surface area (Å²) in [6.07, 6.45) is 2.30. The standard InChI is InChI=1S/C17H19BrClN/c1-2-3-12-20(15-9-5-4-6-10-15)17-14(13-18)8-7-11-16(17)19/h4-11H,2-3,12-13H2,1H3. The lowest BCUT2D eigenvalue weighted by Gasteiger charge is -2.28. The normalized spacial score (nSPS) is 10.6. The minimum absolute atomic E-state index is 0.804. The average molecular weight is 353 g/mol. The number of benzene rings is 2. The molecule has 1 nitrogen and oxygen atoms in total. The highest BCUT2D eigenvalue weighted by Gasteiger charge is 2.15. The molecule has 2 aromatic rings. The van der Waals surface area contributed by atoms with Crippen molar-refractivity contribution in [3.05, 3.63) is 59.1 Å². The SMILES string of the molecule is CCCCN(c1ccccc1)c1c(Cl)cccc1CBr. The third-order valence-corrected chi connectivity index (χ3v) is 4.20. The molecule has 0 atom stereocenters. The molecule has 0 heterocycles. The second kappa shape index (κ2) is 7.70. The zero-order valence-electron chi connectivity index (χ0n) is 11.7. The Balaban J connectivity index is 2.46. The van der Waals surface area contributed by atoms with Crippen LogP contribution in [0, 0.1) is 0 Å². The zero-order valence-corrected chi connectivity index (χ0v) is 14.0. The van der Waals surface area contributed by atoms with Gasteiger partial charge in [0.05, 0.1) is 10.7 Å². The van der Waals surface area contributed by atoms with Gasteiger partial charge >= 0.3 is 0 Å². The maximum absolute atomic E-state index is 6.47. The van der Waals surface area contributed by atoms with Crippen LogP contribution in [0.25, 0.3) is 0 Å². The molecule has 0 saturated carbocycles. The molecule has 0 N–H and O–H groups in total. The molecule has 20 heavy (non-hydrogen) atoms. The fourth-order valence-corrected chi connectivity index (χ4v) is 3.01. The summed E-state index contributed by atoms with van der Waals surface area (Å²) in [5.74, 6) is 0. The molecule has 0 bridgehead atoms. The van der Waals surface area contributed by atoms with E-state index in [2.05, 4.69) is 58.1 Å². The number of hydrogen-bond acceptors (Lipinski definition) is 1. The van der Waals surface area contributed by atoms with Crippen molar-refractivity contribution >= 4 is 38.9 Å². The highest BCUT2D eigenvalue weighted by Crippen LogP contribution is 2.36. The number of alkyl halides is 1. The molecular formula is C17H19BrClN. The molecule has 0 aliphatic heterocycles. The van der Waals surface area contributed by atoms with Crippen molar-refractivity contribution in [3.8, 4) is 0 Å². The van der Waals surface area contributed by atoms with Gasteiger partial charge in [0.1, 0.15) is 0 Å². The van der Waals surface area contributed by atoms with Crippen LogP contribution >= 0.6 is 27.5 Å². The van der Waals surface area contributed by atoms with E-state index in [0.29, 0.717) is 0 Å². The largest absolute Gasteiger partial charge is 0.340 e. The molecular weight excluding hydrogens is 334 g/mol. The molecule has 0 radical (unpaired) electrons. The molecule has 0 fully saturated rings. The Morgan fingerprint density at radius 2 is 1.80 bits per heavy atom. The van der Waals surface area contributed by atoms with Crippen LogP contribution in [0.5, 0.6) is 0 Å². The van der Waals surface area contributed by atoms with Crippen molar-refractivity contribution in [1.29, 1.82) is 0 Å². The molecule has 106 valence electrons. The minimum Gasteiger partial charge on any atom is -0.340 e. The van der Waals surface area contributed by atoms with Crippen molar-refractivity contribution in [2.24, 2.45) is 0 Å². The summed E-state index contributed by atoms with van der Waals surface area (Å²) in [5.41, 5.74) is 3.53. The monoisotopic (exact) mass is 351 g/mol. The quantitative estimate of drug-likeness (QED) is 0.562. The Labute approximate surface area is 134 Å². The summed E-state index contributed by atoms with van der Waals surface area (Å²) in [6.45, 7) is 3.19. The van der Waals surface area contributed by atoms with Gasteiger partial charge in [-0.25, -0.2) is 0 Å². The molecule has 0 aromatic heterocycles. The summed E-state index contributed by atoms with van der Waals surface area (Å²) in [4.78, 5) is 2.32. The summed E-state index contributed by atoms with van der Waals surface area (Å²) < 4.78 is 0. The first-order valence-corrected chi connectivity index (χ1v) is 8.43. The fourth-order valence-electron chi connectivity index (χ4n) is 2.26. The first-order chi connectivity index (χ1) is 9.77. The van der Waals surface area contributed by atoms with Crippen LogP contribution in [-0.2, 0) is 5.33 Å². The highest BCUT2D eigenvalue weighted by atomic mass is 79.9. The summed E-state index contributed by atoms with van der Waals surface area (Å²) in [6, 6.07) is 16.5. The van der Waals surface area contributed by atoms with Gasteiger partial charge in [0.2, 0.25) is 0 Å². The average Bonchev–Trinajstić information content (AvgIpc) is 2.50. The third kappa shape index (κ3) is 3.56. The predicted molar refractivity (Wildman–Crippen MR) is 92.4 cm³/mol. The summed E-state index contributed by atoms with van der Waals surface area (Å²) in [5, 5.41) is 1.61. The number of anilines is 2. The molecule has 2 rings (SSSR count). The lowest BCUT2D eigenvalue weighted by molar-refractivity contribution is 0.784. The first-order valence-electron chi connectivity index (χ1n) is 6.94. The molecule has 0 saturated heterocycles. The number of rotatable bonds is 6. The molecule has 3 heteroatoms. The molecule has 0 spiro atoms. The molecule has 0 aliphatic rings. The van der Waals surface area contributed by atoms with Crippen LogP contribution in [0.15, 0.2) is 48.5 Å².